The summed E-state index contributed by atoms with van der Waals surface area (Å²) < 4.78 is 5.56. The number of anilines is 1. The van der Waals surface area contributed by atoms with E-state index in [0.29, 0.717) is 18.0 Å². The van der Waals surface area contributed by atoms with Crippen molar-refractivity contribution in [1.82, 2.24) is 14.9 Å². The van der Waals surface area contributed by atoms with Crippen LogP contribution < -0.4 is 4.90 Å². The van der Waals surface area contributed by atoms with E-state index in [9.17, 15) is 4.79 Å². The Morgan fingerprint density at radius 2 is 1.86 bits per heavy atom. The lowest BCUT2D eigenvalue weighted by Gasteiger charge is -2.41. The lowest BCUT2D eigenvalue weighted by molar-refractivity contribution is 0.0158. The largest absolute Gasteiger partial charge is 0.444 e. The first-order chi connectivity index (χ1) is 20.4. The Kier molecular flexibility index (Phi) is 16.6. The van der Waals surface area contributed by atoms with Crippen molar-refractivity contribution in [2.24, 2.45) is 5.92 Å². The Morgan fingerprint density at radius 1 is 1.19 bits per heavy atom. The van der Waals surface area contributed by atoms with Crippen molar-refractivity contribution in [3.63, 3.8) is 0 Å². The molecule has 0 radical (unpaired) electrons. The topological polar surface area (TPSA) is 82.3 Å². The third-order valence-electron chi connectivity index (χ3n) is 7.00. The highest BCUT2D eigenvalue weighted by Gasteiger charge is 2.34. The Labute approximate surface area is 262 Å². The minimum absolute atomic E-state index is 0.0618. The number of aryl methyl sites for hydroxylation is 1. The molecule has 0 bridgehead atoms. The monoisotopic (exact) mass is 591 g/mol. The van der Waals surface area contributed by atoms with Gasteiger partial charge in [0.05, 0.1) is 17.3 Å². The molecule has 3 rings (SSSR count). The van der Waals surface area contributed by atoms with Gasteiger partial charge in [0.2, 0.25) is 0 Å². The standard InChI is InChI=1S/C21H32N4O2.C13H19N.C2H6/c1-7-17(16-8-9-16)18-15(3)22-13-23-19(18)24-10-11-25(14(2)12-24)20(26)27-21(4,5)6;1-4-6-7-9-13(11-14)10-12(3)8-5-2;1-2/h7,13-14,16H,8-12H2,1-6H3;7,9-10H,3-6,8H2,1-2H3;1-2H3/b17-7-;9-7-,13-10+;. The van der Waals surface area contributed by atoms with E-state index in [1.165, 1.54) is 24.0 Å². The molecule has 0 spiro atoms. The molecule has 1 amide bonds. The molecule has 1 aromatic heterocycles. The van der Waals surface area contributed by atoms with Crippen LogP contribution in [0.25, 0.3) is 5.57 Å². The lowest BCUT2D eigenvalue weighted by atomic mass is 9.99. The van der Waals surface area contributed by atoms with Crippen molar-refractivity contribution < 1.29 is 9.53 Å². The van der Waals surface area contributed by atoms with E-state index in [-0.39, 0.29) is 12.1 Å². The molecule has 1 aliphatic heterocycles. The van der Waals surface area contributed by atoms with E-state index >= 15 is 0 Å². The normalized spacial score (nSPS) is 17.4. The van der Waals surface area contributed by atoms with E-state index in [2.05, 4.69) is 68.2 Å². The summed E-state index contributed by atoms with van der Waals surface area (Å²) in [6, 6.07) is 2.23. The number of nitrogens with zero attached hydrogens (tertiary/aromatic N) is 5. The van der Waals surface area contributed by atoms with Crippen LogP contribution in [0.3, 0.4) is 0 Å². The van der Waals surface area contributed by atoms with Crippen LogP contribution in [0.4, 0.5) is 10.6 Å². The molecule has 1 aromatic rings. The van der Waals surface area contributed by atoms with Gasteiger partial charge in [0.25, 0.3) is 0 Å². The molecule has 1 aliphatic carbocycles. The molecule has 1 unspecified atom stereocenters. The van der Waals surface area contributed by atoms with Gasteiger partial charge < -0.3 is 14.5 Å². The predicted octanol–water partition coefficient (Wildman–Crippen LogP) is 9.22. The molecule has 2 heterocycles. The van der Waals surface area contributed by atoms with Crippen LogP contribution in [0.2, 0.25) is 0 Å². The van der Waals surface area contributed by atoms with Gasteiger partial charge in [-0.25, -0.2) is 14.8 Å². The van der Waals surface area contributed by atoms with Crippen LogP contribution in [0.15, 0.2) is 48.4 Å². The third-order valence-corrected chi connectivity index (χ3v) is 7.00. The fourth-order valence-electron chi connectivity index (χ4n) is 4.87. The first kappa shape index (κ1) is 37.6. The van der Waals surface area contributed by atoms with Gasteiger partial charge in [-0.1, -0.05) is 64.8 Å². The van der Waals surface area contributed by atoms with Crippen LogP contribution in [0, 0.1) is 24.2 Å². The number of hydrogen-bond donors (Lipinski definition) is 0. The molecule has 1 atom stereocenters. The molecule has 7 heteroatoms. The number of unbranched alkanes of at least 4 members (excludes halogenated alkanes) is 1. The molecular weight excluding hydrogens is 534 g/mol. The van der Waals surface area contributed by atoms with E-state index in [1.807, 2.05) is 57.7 Å². The van der Waals surface area contributed by atoms with Crippen molar-refractivity contribution in [2.45, 2.75) is 119 Å². The number of allylic oxidation sites excluding steroid dienone is 7. The summed E-state index contributed by atoms with van der Waals surface area (Å²) in [5.74, 6) is 1.64. The molecule has 2 fully saturated rings. The van der Waals surface area contributed by atoms with Crippen molar-refractivity contribution in [3.05, 3.63) is 59.6 Å². The van der Waals surface area contributed by atoms with E-state index in [4.69, 9.17) is 10.00 Å². The van der Waals surface area contributed by atoms with E-state index in [1.54, 1.807) is 6.33 Å². The summed E-state index contributed by atoms with van der Waals surface area (Å²) in [6.45, 7) is 26.2. The second-order valence-electron chi connectivity index (χ2n) is 12.0. The highest BCUT2D eigenvalue weighted by atomic mass is 16.6. The zero-order valence-corrected chi connectivity index (χ0v) is 28.7. The quantitative estimate of drug-likeness (QED) is 0.210. The highest BCUT2D eigenvalue weighted by Crippen LogP contribution is 2.45. The maximum atomic E-state index is 12.5. The minimum Gasteiger partial charge on any atom is -0.444 e. The van der Waals surface area contributed by atoms with Crippen LogP contribution in [-0.4, -0.2) is 52.2 Å². The molecule has 43 heavy (non-hydrogen) atoms. The van der Waals surface area contributed by atoms with Crippen molar-refractivity contribution in [3.8, 4) is 6.07 Å². The van der Waals surface area contributed by atoms with Gasteiger partial charge in [0.15, 0.2) is 0 Å². The molecule has 2 aliphatic rings. The summed E-state index contributed by atoms with van der Waals surface area (Å²) in [5, 5.41) is 8.83. The maximum Gasteiger partial charge on any atom is 0.410 e. The Morgan fingerprint density at radius 3 is 2.37 bits per heavy atom. The third kappa shape index (κ3) is 12.8. The Balaban J connectivity index is 0.000000491. The van der Waals surface area contributed by atoms with Crippen LogP contribution in [0.5, 0.6) is 0 Å². The number of piperazine rings is 1. The number of carbonyl (C=O) groups excluding carboxylic acids is 1. The summed E-state index contributed by atoms with van der Waals surface area (Å²) in [4.78, 5) is 25.7. The smallest absolute Gasteiger partial charge is 0.410 e. The van der Waals surface area contributed by atoms with Crippen LogP contribution >= 0.6 is 0 Å². The van der Waals surface area contributed by atoms with Gasteiger partial charge in [-0.05, 0) is 90.9 Å². The average Bonchev–Trinajstić information content (AvgIpc) is 3.80. The van der Waals surface area contributed by atoms with Crippen LogP contribution in [0.1, 0.15) is 112 Å². The zero-order chi connectivity index (χ0) is 32.6. The van der Waals surface area contributed by atoms with Gasteiger partial charge in [-0.15, -0.1) is 0 Å². The summed E-state index contributed by atoms with van der Waals surface area (Å²) in [5.41, 5.74) is 4.84. The average molecular weight is 592 g/mol. The molecule has 0 aromatic carbocycles. The number of carbonyl (C=O) groups is 1. The molecule has 1 saturated carbocycles. The number of ether oxygens (including phenoxy) is 1. The summed E-state index contributed by atoms with van der Waals surface area (Å²) in [6.07, 6.45) is 16.1. The number of rotatable bonds is 9. The fraction of sp³-hybridized carbons (Fsp3) is 0.611. The second kappa shape index (κ2) is 19.0. The van der Waals surface area contributed by atoms with Gasteiger partial charge >= 0.3 is 6.09 Å². The molecule has 238 valence electrons. The summed E-state index contributed by atoms with van der Waals surface area (Å²) in [7, 11) is 0. The maximum absolute atomic E-state index is 12.5. The van der Waals surface area contributed by atoms with E-state index < -0.39 is 5.60 Å². The SMILES string of the molecule is C/C=C(\c1c(C)ncnc1N1CCN(C(=O)OC(C)(C)C)C(C)C1)C1CC1.C=C(/C=C(C#N)\C=C/CCC)CCC.CC. The molecule has 7 nitrogen and oxygen atoms in total. The number of amides is 1. The number of hydrogen-bond acceptors (Lipinski definition) is 6. The first-order valence-electron chi connectivity index (χ1n) is 16.1. The van der Waals surface area contributed by atoms with E-state index in [0.717, 1.165) is 55.9 Å². The van der Waals surface area contributed by atoms with Crippen LogP contribution in [-0.2, 0) is 4.74 Å². The number of aromatic nitrogens is 2. The van der Waals surface area contributed by atoms with Gasteiger partial charge in [0, 0.05) is 31.2 Å². The van der Waals surface area contributed by atoms with Gasteiger partial charge in [-0.3, -0.25) is 0 Å². The Hall–Kier alpha value is -3.40. The molecular formula is C36H57N5O2. The highest BCUT2D eigenvalue weighted by molar-refractivity contribution is 5.79. The van der Waals surface area contributed by atoms with Crippen molar-refractivity contribution in [1.29, 1.82) is 5.26 Å². The predicted molar refractivity (Wildman–Crippen MR) is 181 cm³/mol. The van der Waals surface area contributed by atoms with Crippen molar-refractivity contribution in [2.75, 3.05) is 24.5 Å². The minimum atomic E-state index is -0.476. The van der Waals surface area contributed by atoms with Crippen molar-refractivity contribution >= 4 is 17.5 Å². The van der Waals surface area contributed by atoms with Gasteiger partial charge in [-0.2, -0.15) is 5.26 Å². The Bertz CT molecular complexity index is 1170. The second-order valence-corrected chi connectivity index (χ2v) is 12.0. The van der Waals surface area contributed by atoms with Gasteiger partial charge in [0.1, 0.15) is 17.7 Å². The molecule has 1 saturated heterocycles. The first-order valence-corrected chi connectivity index (χ1v) is 16.1. The fourth-order valence-corrected chi connectivity index (χ4v) is 4.87. The zero-order valence-electron chi connectivity index (χ0n) is 28.7. The number of nitriles is 1. The molecule has 0 N–H and O–H groups in total. The lowest BCUT2D eigenvalue weighted by Crippen LogP contribution is -2.55. The summed E-state index contributed by atoms with van der Waals surface area (Å²) >= 11 is 0.